The topological polar surface area (TPSA) is 277 Å². The summed E-state index contributed by atoms with van der Waals surface area (Å²) in [7, 11) is -5.03. The average Bonchev–Trinajstić information content (AvgIpc) is 3.90. The lowest BCUT2D eigenvalue weighted by Gasteiger charge is -2.60. The lowest BCUT2D eigenvalue weighted by atomic mass is 9.46. The van der Waals surface area contributed by atoms with Crippen LogP contribution in [0.4, 0.5) is 5.69 Å². The number of rotatable bonds is 15. The number of hydrogen-bond donors (Lipinski definition) is 7. The fourth-order valence-electron chi connectivity index (χ4n) is 11.4. The molecule has 2 aromatic carbocycles. The number of ketones is 1. The summed E-state index contributed by atoms with van der Waals surface area (Å²) in [5.74, 6) is -3.86. The smallest absolute Gasteiger partial charge is 0.470 e. The molecular weight excluding hydrogens is 892 g/mol. The Bertz CT molecular complexity index is 2470. The second kappa shape index (κ2) is 18.3. The maximum atomic E-state index is 14.4. The van der Waals surface area contributed by atoms with Gasteiger partial charge in [0.15, 0.2) is 17.7 Å². The third kappa shape index (κ3) is 9.19. The minimum Gasteiger partial charge on any atom is -0.489 e. The van der Waals surface area contributed by atoms with Crippen LogP contribution in [-0.2, 0) is 53.9 Å². The van der Waals surface area contributed by atoms with Gasteiger partial charge in [0, 0.05) is 46.2 Å². The van der Waals surface area contributed by atoms with E-state index in [4.69, 9.17) is 18.7 Å². The van der Waals surface area contributed by atoms with E-state index in [0.29, 0.717) is 36.3 Å². The van der Waals surface area contributed by atoms with Crippen molar-refractivity contribution in [2.75, 3.05) is 18.5 Å². The molecule has 4 fully saturated rings. The quantitative estimate of drug-likeness (QED) is 0.0768. The highest BCUT2D eigenvalue weighted by Crippen LogP contribution is 2.70. The van der Waals surface area contributed by atoms with Crippen LogP contribution in [0.2, 0.25) is 0 Å². The predicted octanol–water partition coefficient (Wildman–Crippen LogP) is 2.65. The van der Waals surface area contributed by atoms with Gasteiger partial charge < -0.3 is 50.2 Å². The van der Waals surface area contributed by atoms with Crippen molar-refractivity contribution in [3.05, 3.63) is 95.6 Å². The number of anilines is 1. The summed E-state index contributed by atoms with van der Waals surface area (Å²) in [6, 6.07) is 11.6. The Morgan fingerprint density at radius 1 is 0.970 bits per heavy atom. The Labute approximate surface area is 386 Å². The van der Waals surface area contributed by atoms with Crippen molar-refractivity contribution in [3.8, 4) is 5.75 Å². The van der Waals surface area contributed by atoms with Gasteiger partial charge in [-0.2, -0.15) is 0 Å². The van der Waals surface area contributed by atoms with Gasteiger partial charge in [0.05, 0.1) is 18.3 Å². The summed E-state index contributed by atoms with van der Waals surface area (Å²) >= 11 is 0. The number of benzene rings is 2. The second-order valence-corrected chi connectivity index (χ2v) is 20.0. The van der Waals surface area contributed by atoms with E-state index < -0.39 is 109 Å². The molecule has 19 nitrogen and oxygen atoms in total. The third-order valence-electron chi connectivity index (χ3n) is 14.6. The first-order valence-corrected chi connectivity index (χ1v) is 23.7. The van der Waals surface area contributed by atoms with Crippen LogP contribution >= 0.6 is 7.82 Å². The number of nitrogens with zero attached hydrogens (tertiary/aromatic N) is 1. The molecule has 2 heterocycles. The van der Waals surface area contributed by atoms with Gasteiger partial charge in [0.1, 0.15) is 37.6 Å². The highest BCUT2D eigenvalue weighted by atomic mass is 31.2. The molecule has 7 N–H and O–H groups in total. The number of aliphatic hydroxyl groups excluding tert-OH is 2. The minimum absolute atomic E-state index is 0.0436. The van der Waals surface area contributed by atoms with Crippen molar-refractivity contribution >= 4 is 48.8 Å². The van der Waals surface area contributed by atoms with Crippen molar-refractivity contribution in [1.82, 2.24) is 15.5 Å². The molecule has 0 aromatic heterocycles. The first-order chi connectivity index (χ1) is 31.6. The van der Waals surface area contributed by atoms with Gasteiger partial charge in [0.25, 0.3) is 11.8 Å². The zero-order chi connectivity index (χ0) is 48.2. The number of ether oxygens (including phenoxy) is 3. The molecule has 12 atom stereocenters. The van der Waals surface area contributed by atoms with E-state index in [9.17, 15) is 53.3 Å². The number of Topliss-reactive ketones (excluding diaryl/α,β-unsaturated/α-hetero) is 1. The van der Waals surface area contributed by atoms with E-state index in [1.807, 2.05) is 19.1 Å². The predicted molar refractivity (Wildman–Crippen MR) is 236 cm³/mol. The standard InChI is InChI=1S/C47H55N4O15P/c1-25(48-38(55)22-51-39(56)14-15-40(51)57)42(58)49-26(2)43(59)50-30-6-5-7-32(19-30)63-23-27-8-10-28(11-9-27)44-65-37-20-34-33-13-12-29-18-31(52)16-17-45(29,3)41(33)35(53)21-46(34,4)47(37,66-44)36(54)24-64-67(60,61)62/h5-11,14-19,25-26,31,33-35,37,41,44,52-53H,12-13,20-24H2,1-4H3,(H,48,55)(H,49,58)(H,50,59)(H2,60,61,62)/t25-,26-,31?,33-,34-,35-,37+,41+,44+,45-,46-,47+/m0/s1. The van der Waals surface area contributed by atoms with E-state index in [1.54, 1.807) is 54.6 Å². The van der Waals surface area contributed by atoms with Gasteiger partial charge in [-0.25, -0.2) is 4.57 Å². The van der Waals surface area contributed by atoms with Gasteiger partial charge in [-0.15, -0.1) is 0 Å². The number of allylic oxidation sites excluding steroid dienone is 2. The van der Waals surface area contributed by atoms with Crippen LogP contribution in [0, 0.1) is 28.6 Å². The number of fused-ring (bicyclic) bond motifs is 7. The number of amides is 5. The van der Waals surface area contributed by atoms with E-state index in [0.717, 1.165) is 28.2 Å². The van der Waals surface area contributed by atoms with Crippen LogP contribution < -0.4 is 20.7 Å². The summed E-state index contributed by atoms with van der Waals surface area (Å²) in [6.07, 6.45) is 6.28. The van der Waals surface area contributed by atoms with Crippen molar-refractivity contribution in [2.45, 2.75) is 102 Å². The van der Waals surface area contributed by atoms with Gasteiger partial charge in [-0.05, 0) is 69.1 Å². The molecule has 0 spiro atoms. The Morgan fingerprint density at radius 3 is 2.37 bits per heavy atom. The molecular formula is C47H55N4O15P. The lowest BCUT2D eigenvalue weighted by Crippen LogP contribution is -2.63. The third-order valence-corrected chi connectivity index (χ3v) is 15.1. The maximum Gasteiger partial charge on any atom is 0.470 e. The highest BCUT2D eigenvalue weighted by Gasteiger charge is 2.76. The van der Waals surface area contributed by atoms with Crippen LogP contribution in [0.15, 0.2) is 84.5 Å². The van der Waals surface area contributed by atoms with Crippen molar-refractivity contribution in [3.63, 3.8) is 0 Å². The van der Waals surface area contributed by atoms with Gasteiger partial charge in [-0.1, -0.05) is 68.0 Å². The maximum absolute atomic E-state index is 14.4. The van der Waals surface area contributed by atoms with Gasteiger partial charge in [0.2, 0.25) is 17.7 Å². The van der Waals surface area contributed by atoms with E-state index in [-0.39, 0.29) is 30.8 Å². The molecule has 4 aliphatic carbocycles. The van der Waals surface area contributed by atoms with Crippen molar-refractivity contribution in [2.24, 2.45) is 28.6 Å². The monoisotopic (exact) mass is 946 g/mol. The van der Waals surface area contributed by atoms with Crippen LogP contribution in [-0.4, -0.2) is 109 Å². The molecule has 3 saturated carbocycles. The van der Waals surface area contributed by atoms with E-state index >= 15 is 0 Å². The number of aliphatic hydroxyl groups is 2. The molecule has 2 aromatic rings. The molecule has 1 saturated heterocycles. The van der Waals surface area contributed by atoms with Crippen molar-refractivity contribution < 1.29 is 72.1 Å². The summed E-state index contributed by atoms with van der Waals surface area (Å²) in [5.41, 5.74) is -0.402. The van der Waals surface area contributed by atoms with Crippen LogP contribution in [0.3, 0.4) is 0 Å². The van der Waals surface area contributed by atoms with E-state index in [2.05, 4.69) is 22.9 Å². The van der Waals surface area contributed by atoms with Gasteiger partial charge >= 0.3 is 7.82 Å². The summed E-state index contributed by atoms with van der Waals surface area (Å²) in [5, 5.41) is 30.0. The Morgan fingerprint density at radius 2 is 1.67 bits per heavy atom. The molecule has 0 bridgehead atoms. The number of carbonyl (C=O) groups is 6. The minimum atomic E-state index is -5.03. The number of imide groups is 1. The second-order valence-electron chi connectivity index (χ2n) is 18.7. The number of hydrogen-bond acceptors (Lipinski definition) is 13. The van der Waals surface area contributed by atoms with E-state index in [1.165, 1.54) is 13.8 Å². The molecule has 1 unspecified atom stereocenters. The molecule has 6 aliphatic rings. The van der Waals surface area contributed by atoms with Crippen LogP contribution in [0.5, 0.6) is 5.75 Å². The number of nitrogens with one attached hydrogen (secondary N) is 3. The SMILES string of the molecule is C[C@H](NC(=O)CN1C(=O)C=CC1=O)C(=O)N[C@@H](C)C(=O)Nc1cccc(OCc2ccc([C@@H]3O[C@@H]4C[C@H]5[C@@H]6CCC7=CC(O)C=C[C@]7(C)[C@H]6[C@@H](O)C[C@]5(C)[C@]4(C(=O)COP(=O)(O)O)O3)cc2)c1. The molecule has 5 amide bonds. The molecule has 67 heavy (non-hydrogen) atoms. The van der Waals surface area contributed by atoms with Gasteiger partial charge in [-0.3, -0.25) is 38.2 Å². The summed E-state index contributed by atoms with van der Waals surface area (Å²) in [6.45, 7) is 5.49. The first kappa shape index (κ1) is 48.1. The fourth-order valence-corrected chi connectivity index (χ4v) is 11.7. The fraction of sp³-hybridized carbons (Fsp3) is 0.489. The number of phosphoric acid groups is 1. The molecule has 8 rings (SSSR count). The van der Waals surface area contributed by atoms with Crippen molar-refractivity contribution in [1.29, 1.82) is 0 Å². The number of carbonyl (C=O) groups excluding carboxylic acids is 6. The Kier molecular flexibility index (Phi) is 13.1. The largest absolute Gasteiger partial charge is 0.489 e. The first-order valence-electron chi connectivity index (χ1n) is 22.2. The number of phosphoric ester groups is 1. The van der Waals surface area contributed by atoms with Crippen LogP contribution in [0.1, 0.15) is 70.8 Å². The van der Waals surface area contributed by atoms with Crippen LogP contribution in [0.25, 0.3) is 0 Å². The average molecular weight is 947 g/mol. The normalized spacial score (nSPS) is 32.6. The molecule has 20 heteroatoms. The zero-order valence-corrected chi connectivity index (χ0v) is 38.2. The molecule has 358 valence electrons. The molecule has 0 radical (unpaired) electrons. The summed E-state index contributed by atoms with van der Waals surface area (Å²) in [4.78, 5) is 95.8. The zero-order valence-electron chi connectivity index (χ0n) is 37.3. The highest BCUT2D eigenvalue weighted by molar-refractivity contribution is 7.46. The molecule has 2 aliphatic heterocycles. The summed E-state index contributed by atoms with van der Waals surface area (Å²) < 4.78 is 35.9. The Balaban J connectivity index is 0.887. The Hall–Kier alpha value is -5.37. The lowest BCUT2D eigenvalue weighted by molar-refractivity contribution is -0.201.